The molecule has 0 atom stereocenters. The average molecular weight is 442 g/mol. The van der Waals surface area contributed by atoms with Crippen molar-refractivity contribution >= 4 is 28.9 Å². The minimum absolute atomic E-state index is 0.0170. The molecule has 9 nitrogen and oxygen atoms in total. The number of nitro benzene ring substituents is 2. The van der Waals surface area contributed by atoms with Crippen molar-refractivity contribution < 1.29 is 19.4 Å². The lowest BCUT2D eigenvalue weighted by Crippen LogP contribution is -2.28. The second-order valence-electron chi connectivity index (χ2n) is 6.35. The molecule has 1 N–H and O–H groups in total. The quantitative estimate of drug-likeness (QED) is 0.308. The molecule has 0 aliphatic heterocycles. The highest BCUT2D eigenvalue weighted by Gasteiger charge is 2.15. The Labute approximate surface area is 181 Å². The summed E-state index contributed by atoms with van der Waals surface area (Å²) in [4.78, 5) is 32.7. The smallest absolute Gasteiger partial charge is 0.270 e. The van der Waals surface area contributed by atoms with E-state index in [1.165, 1.54) is 24.3 Å². The minimum Gasteiger partial charge on any atom is -0.492 e. The number of hydrogen-bond donors (Lipinski definition) is 1. The van der Waals surface area contributed by atoms with Gasteiger partial charge in [0.25, 0.3) is 17.3 Å². The van der Waals surface area contributed by atoms with Crippen LogP contribution in [0.4, 0.5) is 11.4 Å². The van der Waals surface area contributed by atoms with Crippen molar-refractivity contribution in [1.82, 2.24) is 5.32 Å². The van der Waals surface area contributed by atoms with Gasteiger partial charge in [0.2, 0.25) is 0 Å². The van der Waals surface area contributed by atoms with Gasteiger partial charge in [0.05, 0.1) is 27.0 Å². The van der Waals surface area contributed by atoms with Crippen molar-refractivity contribution in [2.45, 2.75) is 0 Å². The number of carbonyl (C=O) groups excluding carboxylic acids is 1. The Bertz CT molecular complexity index is 1120. The summed E-state index contributed by atoms with van der Waals surface area (Å²) in [5.41, 5.74) is 1.52. The third-order valence-corrected chi connectivity index (χ3v) is 4.66. The molecule has 0 spiro atoms. The van der Waals surface area contributed by atoms with Gasteiger partial charge in [-0.05, 0) is 41.5 Å². The van der Waals surface area contributed by atoms with Crippen LogP contribution in [0.25, 0.3) is 11.1 Å². The Morgan fingerprint density at radius 1 is 0.871 bits per heavy atom. The summed E-state index contributed by atoms with van der Waals surface area (Å²) in [6.45, 7) is 0.344. The molecule has 3 rings (SSSR count). The molecule has 3 aromatic carbocycles. The molecule has 0 unspecified atom stereocenters. The van der Waals surface area contributed by atoms with Crippen molar-refractivity contribution in [2.75, 3.05) is 13.2 Å². The topological polar surface area (TPSA) is 125 Å². The first-order chi connectivity index (χ1) is 14.8. The monoisotopic (exact) mass is 441 g/mol. The third-order valence-electron chi connectivity index (χ3n) is 4.33. The second-order valence-corrected chi connectivity index (χ2v) is 6.76. The van der Waals surface area contributed by atoms with Crippen LogP contribution >= 0.6 is 11.6 Å². The number of nitro groups is 2. The van der Waals surface area contributed by atoms with Gasteiger partial charge in [0.1, 0.15) is 12.4 Å². The van der Waals surface area contributed by atoms with Crippen molar-refractivity contribution in [2.24, 2.45) is 0 Å². The first-order valence-electron chi connectivity index (χ1n) is 9.05. The molecule has 31 heavy (non-hydrogen) atoms. The largest absolute Gasteiger partial charge is 0.492 e. The zero-order valence-corrected chi connectivity index (χ0v) is 16.7. The number of carbonyl (C=O) groups is 1. The maximum Gasteiger partial charge on any atom is 0.270 e. The molecule has 0 aliphatic rings. The molecule has 1 amide bonds. The van der Waals surface area contributed by atoms with Crippen LogP contribution in [-0.2, 0) is 0 Å². The van der Waals surface area contributed by atoms with E-state index in [1.807, 2.05) is 12.1 Å². The Morgan fingerprint density at radius 3 is 2.00 bits per heavy atom. The van der Waals surface area contributed by atoms with E-state index >= 15 is 0 Å². The highest BCUT2D eigenvalue weighted by molar-refractivity contribution is 6.33. The molecule has 0 aliphatic carbocycles. The molecule has 3 aromatic rings. The van der Waals surface area contributed by atoms with Crippen molar-refractivity contribution in [1.29, 1.82) is 0 Å². The molecule has 0 saturated heterocycles. The van der Waals surface area contributed by atoms with Crippen LogP contribution < -0.4 is 10.1 Å². The van der Waals surface area contributed by atoms with Gasteiger partial charge < -0.3 is 10.1 Å². The van der Waals surface area contributed by atoms with Crippen LogP contribution in [0, 0.1) is 20.2 Å². The summed E-state index contributed by atoms with van der Waals surface area (Å²) in [6.07, 6.45) is 0. The number of non-ortho nitro benzene ring substituents is 2. The lowest BCUT2D eigenvalue weighted by atomic mass is 10.1. The lowest BCUT2D eigenvalue weighted by molar-refractivity contribution is -0.385. The molecule has 0 bridgehead atoms. The molecular formula is C21H16ClN3O6. The van der Waals surface area contributed by atoms with Gasteiger partial charge in [-0.3, -0.25) is 25.0 Å². The van der Waals surface area contributed by atoms with Crippen LogP contribution in [0.2, 0.25) is 5.02 Å². The van der Waals surface area contributed by atoms with E-state index in [4.69, 9.17) is 16.3 Å². The second kappa shape index (κ2) is 9.68. The number of ether oxygens (including phenoxy) is 1. The number of hydrogen-bond acceptors (Lipinski definition) is 6. The molecule has 0 aromatic heterocycles. The normalized spacial score (nSPS) is 10.4. The Balaban J connectivity index is 1.52. The Hall–Kier alpha value is -3.98. The molecule has 158 valence electrons. The zero-order valence-electron chi connectivity index (χ0n) is 16.0. The predicted octanol–water partition coefficient (Wildman–Crippen LogP) is 4.63. The van der Waals surface area contributed by atoms with Crippen LogP contribution in [0.5, 0.6) is 5.75 Å². The number of nitrogens with one attached hydrogen (secondary N) is 1. The molecule has 0 radical (unpaired) electrons. The fourth-order valence-electron chi connectivity index (χ4n) is 2.75. The van der Waals surface area contributed by atoms with E-state index in [2.05, 4.69) is 5.32 Å². The predicted molar refractivity (Wildman–Crippen MR) is 114 cm³/mol. The summed E-state index contributed by atoms with van der Waals surface area (Å²) >= 11 is 5.95. The number of amides is 1. The van der Waals surface area contributed by atoms with E-state index in [1.54, 1.807) is 24.3 Å². The van der Waals surface area contributed by atoms with Crippen molar-refractivity contribution in [3.8, 4) is 16.9 Å². The summed E-state index contributed by atoms with van der Waals surface area (Å²) in [5.74, 6) is 0.0408. The van der Waals surface area contributed by atoms with Gasteiger partial charge in [0, 0.05) is 24.3 Å². The standard InChI is InChI=1S/C21H16ClN3O6/c22-20-10-7-17(25(29)30)13-19(20)21(26)23-11-12-31-18-8-3-15(4-9-18)14-1-5-16(6-2-14)24(27)28/h1-10,13H,11-12H2,(H,23,26). The first kappa shape index (κ1) is 21.7. The summed E-state index contributed by atoms with van der Waals surface area (Å²) < 4.78 is 5.58. The fourth-order valence-corrected chi connectivity index (χ4v) is 2.95. The summed E-state index contributed by atoms with van der Waals surface area (Å²) in [5, 5.41) is 24.3. The number of benzene rings is 3. The zero-order chi connectivity index (χ0) is 22.4. The van der Waals surface area contributed by atoms with Gasteiger partial charge in [-0.25, -0.2) is 0 Å². The highest BCUT2D eigenvalue weighted by Crippen LogP contribution is 2.25. The van der Waals surface area contributed by atoms with E-state index in [-0.39, 0.29) is 35.1 Å². The minimum atomic E-state index is -0.601. The fraction of sp³-hybridized carbons (Fsp3) is 0.0952. The third kappa shape index (κ3) is 5.55. The van der Waals surface area contributed by atoms with Crippen molar-refractivity contribution in [3.05, 3.63) is 97.5 Å². The van der Waals surface area contributed by atoms with Gasteiger partial charge in [-0.2, -0.15) is 0 Å². The number of nitrogens with zero attached hydrogens (tertiary/aromatic N) is 2. The van der Waals surface area contributed by atoms with E-state index in [0.717, 1.165) is 17.2 Å². The number of rotatable bonds is 8. The van der Waals surface area contributed by atoms with E-state index in [0.29, 0.717) is 5.75 Å². The Morgan fingerprint density at radius 2 is 1.42 bits per heavy atom. The van der Waals surface area contributed by atoms with Crippen molar-refractivity contribution in [3.63, 3.8) is 0 Å². The summed E-state index contributed by atoms with van der Waals surface area (Å²) in [7, 11) is 0. The maximum atomic E-state index is 12.2. The highest BCUT2D eigenvalue weighted by atomic mass is 35.5. The molecule has 10 heteroatoms. The van der Waals surface area contributed by atoms with Gasteiger partial charge in [-0.15, -0.1) is 0 Å². The van der Waals surface area contributed by atoms with Gasteiger partial charge in [0.15, 0.2) is 0 Å². The van der Waals surface area contributed by atoms with E-state index < -0.39 is 15.8 Å². The van der Waals surface area contributed by atoms with Crippen LogP contribution in [0.1, 0.15) is 10.4 Å². The van der Waals surface area contributed by atoms with Gasteiger partial charge in [-0.1, -0.05) is 23.7 Å². The molecule has 0 heterocycles. The van der Waals surface area contributed by atoms with E-state index in [9.17, 15) is 25.0 Å². The molecule has 0 saturated carbocycles. The molecular weight excluding hydrogens is 426 g/mol. The summed E-state index contributed by atoms with van der Waals surface area (Å²) in [6, 6.07) is 17.0. The van der Waals surface area contributed by atoms with Crippen LogP contribution in [0.3, 0.4) is 0 Å². The average Bonchev–Trinajstić information content (AvgIpc) is 2.77. The van der Waals surface area contributed by atoms with Gasteiger partial charge >= 0.3 is 0 Å². The SMILES string of the molecule is O=C(NCCOc1ccc(-c2ccc([N+](=O)[O-])cc2)cc1)c1cc([N+](=O)[O-])ccc1Cl. The Kier molecular flexibility index (Phi) is 6.78. The number of halogens is 1. The lowest BCUT2D eigenvalue weighted by Gasteiger charge is -2.09. The maximum absolute atomic E-state index is 12.2. The molecule has 0 fully saturated rings. The van der Waals surface area contributed by atoms with Crippen LogP contribution in [-0.4, -0.2) is 28.9 Å². The van der Waals surface area contributed by atoms with Crippen LogP contribution in [0.15, 0.2) is 66.7 Å². The first-order valence-corrected chi connectivity index (χ1v) is 9.43.